The summed E-state index contributed by atoms with van der Waals surface area (Å²) in [6, 6.07) is 4.97. The molecule has 1 aliphatic rings. The zero-order valence-electron chi connectivity index (χ0n) is 8.74. The van der Waals surface area contributed by atoms with Gasteiger partial charge in [-0.05, 0) is 43.4 Å². The van der Waals surface area contributed by atoms with Gasteiger partial charge < -0.3 is 5.32 Å². The molecular weight excluding hydrogens is 172 g/mol. The standard InChI is InChI=1S/C12H18N2/c1-2-5-14-12-7-11(8-12)10-4-3-6-13-9-10/h3-4,6,9,11-12,14H,2,5,7-8H2,1H3. The Balaban J connectivity index is 1.78. The van der Waals surface area contributed by atoms with Gasteiger partial charge in [0.25, 0.3) is 0 Å². The lowest BCUT2D eigenvalue weighted by atomic mass is 9.76. The Morgan fingerprint density at radius 2 is 2.36 bits per heavy atom. The smallest absolute Gasteiger partial charge is 0.0302 e. The largest absolute Gasteiger partial charge is 0.314 e. The monoisotopic (exact) mass is 190 g/mol. The molecule has 0 unspecified atom stereocenters. The maximum Gasteiger partial charge on any atom is 0.0302 e. The highest BCUT2D eigenvalue weighted by atomic mass is 14.9. The van der Waals surface area contributed by atoms with Crippen LogP contribution < -0.4 is 5.32 Å². The molecule has 0 bridgehead atoms. The molecule has 1 heterocycles. The van der Waals surface area contributed by atoms with Crippen LogP contribution in [0, 0.1) is 0 Å². The van der Waals surface area contributed by atoms with Crippen LogP contribution in [0.15, 0.2) is 24.5 Å². The molecule has 0 atom stereocenters. The van der Waals surface area contributed by atoms with Crippen LogP contribution in [-0.2, 0) is 0 Å². The molecule has 1 N–H and O–H groups in total. The predicted octanol–water partition coefficient (Wildman–Crippen LogP) is 2.33. The van der Waals surface area contributed by atoms with Crippen LogP contribution in [-0.4, -0.2) is 17.6 Å². The van der Waals surface area contributed by atoms with E-state index in [4.69, 9.17) is 0 Å². The average molecular weight is 190 g/mol. The highest BCUT2D eigenvalue weighted by molar-refractivity contribution is 5.18. The van der Waals surface area contributed by atoms with E-state index in [1.54, 1.807) is 0 Å². The van der Waals surface area contributed by atoms with Gasteiger partial charge in [0.1, 0.15) is 0 Å². The van der Waals surface area contributed by atoms with Crippen molar-refractivity contribution >= 4 is 0 Å². The number of rotatable bonds is 4. The molecule has 1 aromatic heterocycles. The summed E-state index contributed by atoms with van der Waals surface area (Å²) in [5, 5.41) is 3.55. The summed E-state index contributed by atoms with van der Waals surface area (Å²) in [6.07, 6.45) is 7.64. The van der Waals surface area contributed by atoms with Crippen molar-refractivity contribution in [1.29, 1.82) is 0 Å². The molecule has 76 valence electrons. The van der Waals surface area contributed by atoms with Gasteiger partial charge in [-0.3, -0.25) is 4.98 Å². The van der Waals surface area contributed by atoms with E-state index in [-0.39, 0.29) is 0 Å². The van der Waals surface area contributed by atoms with Crippen LogP contribution in [0.1, 0.15) is 37.7 Å². The number of aromatic nitrogens is 1. The van der Waals surface area contributed by atoms with E-state index >= 15 is 0 Å². The van der Waals surface area contributed by atoms with E-state index in [1.165, 1.54) is 24.8 Å². The van der Waals surface area contributed by atoms with E-state index in [0.717, 1.165) is 18.5 Å². The minimum atomic E-state index is 0.748. The number of nitrogens with zero attached hydrogens (tertiary/aromatic N) is 1. The quantitative estimate of drug-likeness (QED) is 0.788. The van der Waals surface area contributed by atoms with Gasteiger partial charge in [-0.1, -0.05) is 13.0 Å². The Morgan fingerprint density at radius 3 is 3.00 bits per heavy atom. The highest BCUT2D eigenvalue weighted by Crippen LogP contribution is 2.36. The van der Waals surface area contributed by atoms with Crippen molar-refractivity contribution in [3.63, 3.8) is 0 Å². The minimum absolute atomic E-state index is 0.748. The molecule has 2 rings (SSSR count). The zero-order chi connectivity index (χ0) is 9.80. The second-order valence-corrected chi connectivity index (χ2v) is 4.11. The topological polar surface area (TPSA) is 24.9 Å². The third-order valence-electron chi connectivity index (χ3n) is 2.98. The van der Waals surface area contributed by atoms with Crippen LogP contribution in [0.4, 0.5) is 0 Å². The van der Waals surface area contributed by atoms with Crippen molar-refractivity contribution in [3.05, 3.63) is 30.1 Å². The molecule has 2 nitrogen and oxygen atoms in total. The van der Waals surface area contributed by atoms with Gasteiger partial charge in [-0.2, -0.15) is 0 Å². The maximum atomic E-state index is 4.15. The molecule has 14 heavy (non-hydrogen) atoms. The van der Waals surface area contributed by atoms with Crippen molar-refractivity contribution < 1.29 is 0 Å². The van der Waals surface area contributed by atoms with Crippen molar-refractivity contribution in [3.8, 4) is 0 Å². The number of hydrogen-bond donors (Lipinski definition) is 1. The Morgan fingerprint density at radius 1 is 1.50 bits per heavy atom. The molecule has 1 aromatic rings. The van der Waals surface area contributed by atoms with Crippen molar-refractivity contribution in [2.75, 3.05) is 6.54 Å². The van der Waals surface area contributed by atoms with Crippen molar-refractivity contribution in [2.45, 2.75) is 38.1 Å². The summed E-state index contributed by atoms with van der Waals surface area (Å²) < 4.78 is 0. The first kappa shape index (κ1) is 9.66. The predicted molar refractivity (Wildman–Crippen MR) is 58.3 cm³/mol. The summed E-state index contributed by atoms with van der Waals surface area (Å²) in [5.74, 6) is 0.748. The maximum absolute atomic E-state index is 4.15. The molecule has 0 radical (unpaired) electrons. The third kappa shape index (κ3) is 2.13. The lowest BCUT2D eigenvalue weighted by Gasteiger charge is -2.36. The molecule has 1 saturated carbocycles. The van der Waals surface area contributed by atoms with Crippen LogP contribution in [0.2, 0.25) is 0 Å². The third-order valence-corrected chi connectivity index (χ3v) is 2.98. The number of hydrogen-bond acceptors (Lipinski definition) is 2. The fraction of sp³-hybridized carbons (Fsp3) is 0.583. The lowest BCUT2D eigenvalue weighted by Crippen LogP contribution is -2.40. The summed E-state index contributed by atoms with van der Waals surface area (Å²) in [4.78, 5) is 4.15. The zero-order valence-corrected chi connectivity index (χ0v) is 8.74. The molecule has 0 aromatic carbocycles. The van der Waals surface area contributed by atoms with Gasteiger partial charge in [0.05, 0.1) is 0 Å². The summed E-state index contributed by atoms with van der Waals surface area (Å²) in [7, 11) is 0. The Labute approximate surface area is 85.7 Å². The van der Waals surface area contributed by atoms with E-state index in [9.17, 15) is 0 Å². The van der Waals surface area contributed by atoms with E-state index in [1.807, 2.05) is 18.5 Å². The first-order valence-electron chi connectivity index (χ1n) is 5.53. The Bertz CT molecular complexity index is 265. The molecule has 0 saturated heterocycles. The Hall–Kier alpha value is -0.890. The van der Waals surface area contributed by atoms with Gasteiger partial charge in [0.15, 0.2) is 0 Å². The van der Waals surface area contributed by atoms with Crippen molar-refractivity contribution in [1.82, 2.24) is 10.3 Å². The SMILES string of the molecule is CCCNC1CC(c2cccnc2)C1. The number of nitrogens with one attached hydrogen (secondary N) is 1. The first-order chi connectivity index (χ1) is 6.90. The highest BCUT2D eigenvalue weighted by Gasteiger charge is 2.29. The summed E-state index contributed by atoms with van der Waals surface area (Å²) in [5.41, 5.74) is 1.40. The van der Waals surface area contributed by atoms with Crippen LogP contribution in [0.5, 0.6) is 0 Å². The lowest BCUT2D eigenvalue weighted by molar-refractivity contribution is 0.291. The summed E-state index contributed by atoms with van der Waals surface area (Å²) >= 11 is 0. The molecular formula is C12H18N2. The molecule has 2 heteroatoms. The van der Waals surface area contributed by atoms with Gasteiger partial charge in [-0.15, -0.1) is 0 Å². The number of pyridine rings is 1. The molecule has 1 aliphatic carbocycles. The van der Waals surface area contributed by atoms with Gasteiger partial charge >= 0.3 is 0 Å². The summed E-state index contributed by atoms with van der Waals surface area (Å²) in [6.45, 7) is 3.37. The molecule has 0 aliphatic heterocycles. The normalized spacial score (nSPS) is 25.8. The van der Waals surface area contributed by atoms with E-state index in [2.05, 4.69) is 23.3 Å². The van der Waals surface area contributed by atoms with Crippen molar-refractivity contribution in [2.24, 2.45) is 0 Å². The van der Waals surface area contributed by atoms with Crippen LogP contribution >= 0.6 is 0 Å². The van der Waals surface area contributed by atoms with Gasteiger partial charge in [0, 0.05) is 18.4 Å². The minimum Gasteiger partial charge on any atom is -0.314 e. The van der Waals surface area contributed by atoms with Gasteiger partial charge in [-0.25, -0.2) is 0 Å². The molecule has 0 spiro atoms. The van der Waals surface area contributed by atoms with E-state index < -0.39 is 0 Å². The van der Waals surface area contributed by atoms with Crippen LogP contribution in [0.3, 0.4) is 0 Å². The fourth-order valence-corrected chi connectivity index (χ4v) is 2.02. The van der Waals surface area contributed by atoms with Crippen LogP contribution in [0.25, 0.3) is 0 Å². The average Bonchev–Trinajstić information content (AvgIpc) is 2.17. The second kappa shape index (κ2) is 4.56. The Kier molecular flexibility index (Phi) is 3.14. The van der Waals surface area contributed by atoms with E-state index in [0.29, 0.717) is 0 Å². The molecule has 1 fully saturated rings. The fourth-order valence-electron chi connectivity index (χ4n) is 2.02. The molecule has 0 amide bonds. The van der Waals surface area contributed by atoms with Gasteiger partial charge in [0.2, 0.25) is 0 Å². The second-order valence-electron chi connectivity index (χ2n) is 4.11. The first-order valence-corrected chi connectivity index (χ1v) is 5.53.